The van der Waals surface area contributed by atoms with E-state index in [9.17, 15) is 4.79 Å². The minimum absolute atomic E-state index is 0.118. The zero-order chi connectivity index (χ0) is 12.3. The Morgan fingerprint density at radius 3 is 3.00 bits per heavy atom. The van der Waals surface area contributed by atoms with Crippen LogP contribution in [0.25, 0.3) is 11.0 Å². The highest BCUT2D eigenvalue weighted by molar-refractivity contribution is 5.85. The molecule has 0 bridgehead atoms. The van der Waals surface area contributed by atoms with Gasteiger partial charge >= 0.3 is 5.97 Å². The van der Waals surface area contributed by atoms with Gasteiger partial charge in [-0.05, 0) is 19.1 Å². The van der Waals surface area contributed by atoms with E-state index in [-0.39, 0.29) is 12.4 Å². The number of benzene rings is 1. The molecular formula is C12H13NO4. The lowest BCUT2D eigenvalue weighted by atomic mass is 10.1. The molecule has 90 valence electrons. The first-order valence-corrected chi connectivity index (χ1v) is 5.32. The van der Waals surface area contributed by atoms with Gasteiger partial charge in [-0.1, -0.05) is 5.16 Å². The Morgan fingerprint density at radius 1 is 1.47 bits per heavy atom. The van der Waals surface area contributed by atoms with E-state index in [0.717, 1.165) is 5.39 Å². The molecule has 0 saturated heterocycles. The fourth-order valence-electron chi connectivity index (χ4n) is 1.57. The van der Waals surface area contributed by atoms with Crippen molar-refractivity contribution in [1.82, 2.24) is 5.16 Å². The van der Waals surface area contributed by atoms with Gasteiger partial charge in [-0.15, -0.1) is 0 Å². The molecule has 0 N–H and O–H groups in total. The van der Waals surface area contributed by atoms with E-state index in [2.05, 4.69) is 5.16 Å². The zero-order valence-corrected chi connectivity index (χ0v) is 9.73. The number of hydrogen-bond acceptors (Lipinski definition) is 5. The van der Waals surface area contributed by atoms with Crippen molar-refractivity contribution in [2.45, 2.75) is 13.3 Å². The Balaban J connectivity index is 2.27. The Morgan fingerprint density at radius 2 is 2.29 bits per heavy atom. The monoisotopic (exact) mass is 235 g/mol. The van der Waals surface area contributed by atoms with Crippen LogP contribution in [0, 0.1) is 0 Å². The minimum atomic E-state index is -0.307. The van der Waals surface area contributed by atoms with Crippen LogP contribution in [0.2, 0.25) is 0 Å². The zero-order valence-electron chi connectivity index (χ0n) is 9.73. The molecule has 0 fully saturated rings. The van der Waals surface area contributed by atoms with Gasteiger partial charge in [0.25, 0.3) is 0 Å². The van der Waals surface area contributed by atoms with Crippen molar-refractivity contribution in [2.24, 2.45) is 0 Å². The van der Waals surface area contributed by atoms with E-state index in [4.69, 9.17) is 14.0 Å². The minimum Gasteiger partial charge on any atom is -0.497 e. The van der Waals surface area contributed by atoms with E-state index in [0.29, 0.717) is 23.6 Å². The molecule has 0 aliphatic heterocycles. The maximum absolute atomic E-state index is 11.3. The number of carbonyl (C=O) groups excluding carboxylic acids is 1. The predicted molar refractivity (Wildman–Crippen MR) is 60.9 cm³/mol. The normalized spacial score (nSPS) is 10.5. The quantitative estimate of drug-likeness (QED) is 0.758. The SMILES string of the molecule is CCOC(=O)Cc1noc2cc(OC)ccc12. The summed E-state index contributed by atoms with van der Waals surface area (Å²) in [6.07, 6.45) is 0.118. The molecule has 2 aromatic rings. The van der Waals surface area contributed by atoms with Crippen molar-refractivity contribution in [3.63, 3.8) is 0 Å². The van der Waals surface area contributed by atoms with Crippen LogP contribution < -0.4 is 4.74 Å². The number of rotatable bonds is 4. The fourth-order valence-corrected chi connectivity index (χ4v) is 1.57. The lowest BCUT2D eigenvalue weighted by Gasteiger charge is -1.99. The number of fused-ring (bicyclic) bond motifs is 1. The molecule has 0 aliphatic rings. The molecule has 0 unspecified atom stereocenters. The maximum atomic E-state index is 11.3. The van der Waals surface area contributed by atoms with Crippen LogP contribution in [0.3, 0.4) is 0 Å². The molecule has 0 saturated carbocycles. The lowest BCUT2D eigenvalue weighted by Crippen LogP contribution is -2.07. The first-order valence-electron chi connectivity index (χ1n) is 5.32. The molecule has 5 nitrogen and oxygen atoms in total. The predicted octanol–water partition coefficient (Wildman–Crippen LogP) is 1.94. The number of methoxy groups -OCH3 is 1. The van der Waals surface area contributed by atoms with Gasteiger partial charge in [0.1, 0.15) is 11.4 Å². The number of nitrogens with zero attached hydrogens (tertiary/aromatic N) is 1. The van der Waals surface area contributed by atoms with Crippen molar-refractivity contribution in [3.8, 4) is 5.75 Å². The second-order valence-electron chi connectivity index (χ2n) is 3.47. The summed E-state index contributed by atoms with van der Waals surface area (Å²) in [7, 11) is 1.58. The highest BCUT2D eigenvalue weighted by atomic mass is 16.5. The third kappa shape index (κ3) is 2.38. The standard InChI is InChI=1S/C12H13NO4/c1-3-16-12(14)7-10-9-5-4-8(15-2)6-11(9)17-13-10/h4-6H,3,7H2,1-2H3. The average Bonchev–Trinajstić information content (AvgIpc) is 2.72. The van der Waals surface area contributed by atoms with E-state index in [1.165, 1.54) is 0 Å². The molecule has 0 radical (unpaired) electrons. The lowest BCUT2D eigenvalue weighted by molar-refractivity contribution is -0.142. The van der Waals surface area contributed by atoms with Crippen LogP contribution in [-0.4, -0.2) is 24.8 Å². The van der Waals surface area contributed by atoms with Crippen LogP contribution in [0.15, 0.2) is 22.7 Å². The third-order valence-electron chi connectivity index (χ3n) is 2.37. The number of esters is 1. The molecule has 1 heterocycles. The van der Waals surface area contributed by atoms with Crippen LogP contribution >= 0.6 is 0 Å². The number of carbonyl (C=O) groups is 1. The first kappa shape index (κ1) is 11.4. The molecule has 0 amide bonds. The maximum Gasteiger partial charge on any atom is 0.312 e. The van der Waals surface area contributed by atoms with Crippen molar-refractivity contribution >= 4 is 16.9 Å². The molecule has 0 aliphatic carbocycles. The first-order chi connectivity index (χ1) is 8.24. The van der Waals surface area contributed by atoms with Gasteiger partial charge < -0.3 is 14.0 Å². The third-order valence-corrected chi connectivity index (χ3v) is 2.37. The van der Waals surface area contributed by atoms with Crippen molar-refractivity contribution < 1.29 is 18.8 Å². The topological polar surface area (TPSA) is 61.6 Å². The second-order valence-corrected chi connectivity index (χ2v) is 3.47. The molecule has 1 aromatic heterocycles. The summed E-state index contributed by atoms with van der Waals surface area (Å²) in [4.78, 5) is 11.3. The van der Waals surface area contributed by atoms with Crippen LogP contribution in [0.4, 0.5) is 0 Å². The van der Waals surface area contributed by atoms with Crippen molar-refractivity contribution in [1.29, 1.82) is 0 Å². The van der Waals surface area contributed by atoms with Crippen molar-refractivity contribution in [2.75, 3.05) is 13.7 Å². The van der Waals surface area contributed by atoms with Gasteiger partial charge in [-0.25, -0.2) is 0 Å². The Hall–Kier alpha value is -2.04. The van der Waals surface area contributed by atoms with Crippen LogP contribution in [0.5, 0.6) is 5.75 Å². The van der Waals surface area contributed by atoms with Gasteiger partial charge in [-0.2, -0.15) is 0 Å². The van der Waals surface area contributed by atoms with E-state index in [1.807, 2.05) is 6.07 Å². The molecule has 0 atom stereocenters. The van der Waals surface area contributed by atoms with Crippen LogP contribution in [0.1, 0.15) is 12.6 Å². The van der Waals surface area contributed by atoms with E-state index < -0.39 is 0 Å². The summed E-state index contributed by atoms with van der Waals surface area (Å²) in [6.45, 7) is 2.13. The highest BCUT2D eigenvalue weighted by Gasteiger charge is 2.13. The molecular weight excluding hydrogens is 222 g/mol. The van der Waals surface area contributed by atoms with E-state index in [1.54, 1.807) is 26.2 Å². The Bertz CT molecular complexity index is 532. The molecule has 5 heteroatoms. The summed E-state index contributed by atoms with van der Waals surface area (Å²) < 4.78 is 15.1. The summed E-state index contributed by atoms with van der Waals surface area (Å²) in [6, 6.07) is 5.35. The molecule has 2 rings (SSSR count). The van der Waals surface area contributed by atoms with Crippen molar-refractivity contribution in [3.05, 3.63) is 23.9 Å². The fraction of sp³-hybridized carbons (Fsp3) is 0.333. The van der Waals surface area contributed by atoms with Gasteiger partial charge in [0.2, 0.25) is 0 Å². The molecule has 1 aromatic carbocycles. The Kier molecular flexibility index (Phi) is 3.27. The number of ether oxygens (including phenoxy) is 2. The van der Waals surface area contributed by atoms with Crippen LogP contribution in [-0.2, 0) is 16.0 Å². The second kappa shape index (κ2) is 4.86. The summed E-state index contributed by atoms with van der Waals surface area (Å²) in [5.74, 6) is 0.384. The van der Waals surface area contributed by atoms with Gasteiger partial charge in [-0.3, -0.25) is 4.79 Å². The van der Waals surface area contributed by atoms with Gasteiger partial charge in [0, 0.05) is 11.5 Å². The van der Waals surface area contributed by atoms with E-state index >= 15 is 0 Å². The van der Waals surface area contributed by atoms with Gasteiger partial charge in [0.05, 0.1) is 20.1 Å². The summed E-state index contributed by atoms with van der Waals surface area (Å²) in [5, 5.41) is 4.67. The number of hydrogen-bond donors (Lipinski definition) is 0. The molecule has 17 heavy (non-hydrogen) atoms. The highest BCUT2D eigenvalue weighted by Crippen LogP contribution is 2.23. The summed E-state index contributed by atoms with van der Waals surface area (Å²) in [5.41, 5.74) is 1.18. The smallest absolute Gasteiger partial charge is 0.312 e. The number of aromatic nitrogens is 1. The Labute approximate surface area is 98.3 Å². The largest absolute Gasteiger partial charge is 0.497 e. The van der Waals surface area contributed by atoms with Gasteiger partial charge in [0.15, 0.2) is 5.58 Å². The summed E-state index contributed by atoms with van der Waals surface area (Å²) >= 11 is 0. The molecule has 0 spiro atoms. The average molecular weight is 235 g/mol.